The first kappa shape index (κ1) is 10.2. The van der Waals surface area contributed by atoms with Gasteiger partial charge in [0.05, 0.1) is 6.61 Å². The van der Waals surface area contributed by atoms with Crippen LogP contribution >= 0.6 is 11.3 Å². The molecule has 1 heterocycles. The molecule has 1 aromatic rings. The predicted octanol–water partition coefficient (Wildman–Crippen LogP) is 1.65. The lowest BCUT2D eigenvalue weighted by Gasteiger charge is -2.06. The van der Waals surface area contributed by atoms with Crippen LogP contribution < -0.4 is 0 Å². The molecule has 0 aliphatic rings. The zero-order valence-electron chi connectivity index (χ0n) is 7.61. The number of aryl methyl sites for hydroxylation is 1. The van der Waals surface area contributed by atoms with E-state index in [4.69, 9.17) is 0 Å². The van der Waals surface area contributed by atoms with Crippen LogP contribution in [-0.2, 0) is 9.53 Å². The second-order valence-corrected chi connectivity index (χ2v) is 3.76. The van der Waals surface area contributed by atoms with E-state index in [2.05, 4.69) is 4.74 Å². The molecular weight excluding hydrogens is 188 g/mol. The molecule has 1 aromatic heterocycles. The molecule has 4 heteroatoms. The standard InChI is InChI=1S/C9H12O3S/c1-3-12-9(11)8(10)7-4-6(2)13-5-7/h4-5,8,10H,3H2,1-2H3. The number of aliphatic hydroxyl groups excluding tert-OH is 1. The zero-order valence-corrected chi connectivity index (χ0v) is 8.43. The summed E-state index contributed by atoms with van der Waals surface area (Å²) in [6.45, 7) is 3.93. The highest BCUT2D eigenvalue weighted by Gasteiger charge is 2.19. The molecule has 0 aliphatic carbocycles. The van der Waals surface area contributed by atoms with Gasteiger partial charge in [0, 0.05) is 10.4 Å². The first-order valence-electron chi connectivity index (χ1n) is 4.05. The molecule has 72 valence electrons. The van der Waals surface area contributed by atoms with E-state index < -0.39 is 12.1 Å². The van der Waals surface area contributed by atoms with Gasteiger partial charge in [0.2, 0.25) is 0 Å². The molecule has 1 unspecified atom stereocenters. The lowest BCUT2D eigenvalue weighted by Crippen LogP contribution is -2.14. The summed E-state index contributed by atoms with van der Waals surface area (Å²) in [5.41, 5.74) is 0.612. The Labute approximate surface area is 81.0 Å². The van der Waals surface area contributed by atoms with Crippen molar-refractivity contribution >= 4 is 17.3 Å². The Balaban J connectivity index is 2.67. The number of hydrogen-bond acceptors (Lipinski definition) is 4. The Hall–Kier alpha value is -0.870. The molecule has 0 saturated heterocycles. The van der Waals surface area contributed by atoms with E-state index in [1.54, 1.807) is 18.4 Å². The van der Waals surface area contributed by atoms with Gasteiger partial charge in [-0.25, -0.2) is 4.79 Å². The molecule has 0 amide bonds. The fraction of sp³-hybridized carbons (Fsp3) is 0.444. The number of rotatable bonds is 3. The van der Waals surface area contributed by atoms with Crippen molar-refractivity contribution in [2.45, 2.75) is 20.0 Å². The summed E-state index contributed by atoms with van der Waals surface area (Å²) in [6, 6.07) is 1.78. The quantitative estimate of drug-likeness (QED) is 0.755. The zero-order chi connectivity index (χ0) is 9.84. The van der Waals surface area contributed by atoms with Gasteiger partial charge >= 0.3 is 5.97 Å². The van der Waals surface area contributed by atoms with Gasteiger partial charge in [-0.05, 0) is 25.3 Å². The van der Waals surface area contributed by atoms with E-state index in [0.29, 0.717) is 12.2 Å². The Bertz CT molecular complexity index is 293. The van der Waals surface area contributed by atoms with Crippen LogP contribution in [0.2, 0.25) is 0 Å². The van der Waals surface area contributed by atoms with Crippen molar-refractivity contribution in [3.05, 3.63) is 21.9 Å². The number of esters is 1. The number of carbonyl (C=O) groups is 1. The Morgan fingerprint density at radius 3 is 2.92 bits per heavy atom. The SMILES string of the molecule is CCOC(=O)C(O)c1csc(C)c1. The summed E-state index contributed by atoms with van der Waals surface area (Å²) < 4.78 is 4.68. The summed E-state index contributed by atoms with van der Waals surface area (Å²) in [5.74, 6) is -0.583. The molecule has 0 fully saturated rings. The van der Waals surface area contributed by atoms with Gasteiger partial charge < -0.3 is 9.84 Å². The van der Waals surface area contributed by atoms with Crippen molar-refractivity contribution < 1.29 is 14.6 Å². The normalized spacial score (nSPS) is 12.5. The average molecular weight is 200 g/mol. The van der Waals surface area contributed by atoms with Crippen molar-refractivity contribution in [3.63, 3.8) is 0 Å². The Morgan fingerprint density at radius 2 is 2.46 bits per heavy atom. The second-order valence-electron chi connectivity index (χ2n) is 2.65. The van der Waals surface area contributed by atoms with Gasteiger partial charge in [-0.15, -0.1) is 11.3 Å². The maximum absolute atomic E-state index is 11.1. The third-order valence-corrected chi connectivity index (χ3v) is 2.46. The Morgan fingerprint density at radius 1 is 1.77 bits per heavy atom. The van der Waals surface area contributed by atoms with Gasteiger partial charge in [-0.2, -0.15) is 0 Å². The second kappa shape index (κ2) is 4.39. The number of hydrogen-bond donors (Lipinski definition) is 1. The van der Waals surface area contributed by atoms with Gasteiger partial charge in [-0.1, -0.05) is 0 Å². The van der Waals surface area contributed by atoms with Gasteiger partial charge in [0.25, 0.3) is 0 Å². The topological polar surface area (TPSA) is 46.5 Å². The van der Waals surface area contributed by atoms with E-state index >= 15 is 0 Å². The fourth-order valence-corrected chi connectivity index (χ4v) is 1.69. The maximum Gasteiger partial charge on any atom is 0.339 e. The molecule has 0 aromatic carbocycles. The largest absolute Gasteiger partial charge is 0.464 e. The molecule has 1 atom stereocenters. The minimum atomic E-state index is -1.13. The van der Waals surface area contributed by atoms with Crippen molar-refractivity contribution in [2.24, 2.45) is 0 Å². The van der Waals surface area contributed by atoms with E-state index in [9.17, 15) is 9.90 Å². The summed E-state index contributed by atoms with van der Waals surface area (Å²) in [5, 5.41) is 11.2. The van der Waals surface area contributed by atoms with Crippen LogP contribution in [0.3, 0.4) is 0 Å². The van der Waals surface area contributed by atoms with Gasteiger partial charge in [0.15, 0.2) is 6.10 Å². The highest BCUT2D eigenvalue weighted by atomic mass is 32.1. The van der Waals surface area contributed by atoms with E-state index in [1.807, 2.05) is 6.92 Å². The number of thiophene rings is 1. The molecule has 1 rings (SSSR count). The van der Waals surface area contributed by atoms with E-state index in [0.717, 1.165) is 4.88 Å². The molecule has 3 nitrogen and oxygen atoms in total. The van der Waals surface area contributed by atoms with Gasteiger partial charge in [-0.3, -0.25) is 0 Å². The van der Waals surface area contributed by atoms with Crippen LogP contribution in [0, 0.1) is 6.92 Å². The van der Waals surface area contributed by atoms with E-state index in [-0.39, 0.29) is 0 Å². The van der Waals surface area contributed by atoms with Crippen LogP contribution in [0.4, 0.5) is 0 Å². The minimum Gasteiger partial charge on any atom is -0.464 e. The molecule has 0 radical (unpaired) electrons. The van der Waals surface area contributed by atoms with Crippen molar-refractivity contribution in [3.8, 4) is 0 Å². The van der Waals surface area contributed by atoms with Crippen molar-refractivity contribution in [1.82, 2.24) is 0 Å². The summed E-state index contributed by atoms with van der Waals surface area (Å²) in [7, 11) is 0. The van der Waals surface area contributed by atoms with Gasteiger partial charge in [0.1, 0.15) is 0 Å². The number of carbonyl (C=O) groups excluding carboxylic acids is 1. The molecule has 0 spiro atoms. The minimum absolute atomic E-state index is 0.291. The molecule has 0 aliphatic heterocycles. The monoisotopic (exact) mass is 200 g/mol. The summed E-state index contributed by atoms with van der Waals surface area (Å²) >= 11 is 1.50. The van der Waals surface area contributed by atoms with Crippen molar-refractivity contribution in [1.29, 1.82) is 0 Å². The summed E-state index contributed by atoms with van der Waals surface area (Å²) in [6.07, 6.45) is -1.13. The fourth-order valence-electron chi connectivity index (χ4n) is 0.964. The Kier molecular flexibility index (Phi) is 3.45. The first-order chi connectivity index (χ1) is 6.15. The third-order valence-electron chi connectivity index (χ3n) is 1.58. The molecule has 0 saturated carbocycles. The average Bonchev–Trinajstić information content (AvgIpc) is 2.51. The molecular formula is C9H12O3S. The predicted molar refractivity (Wildman–Crippen MR) is 50.6 cm³/mol. The maximum atomic E-state index is 11.1. The molecule has 0 bridgehead atoms. The van der Waals surface area contributed by atoms with E-state index in [1.165, 1.54) is 11.3 Å². The van der Waals surface area contributed by atoms with Crippen molar-refractivity contribution in [2.75, 3.05) is 6.61 Å². The van der Waals surface area contributed by atoms with Crippen LogP contribution in [0.15, 0.2) is 11.4 Å². The highest BCUT2D eigenvalue weighted by molar-refractivity contribution is 7.10. The highest BCUT2D eigenvalue weighted by Crippen LogP contribution is 2.20. The molecule has 13 heavy (non-hydrogen) atoms. The lowest BCUT2D eigenvalue weighted by molar-refractivity contribution is -0.153. The van der Waals surface area contributed by atoms with Crippen LogP contribution in [0.1, 0.15) is 23.5 Å². The smallest absolute Gasteiger partial charge is 0.339 e. The van der Waals surface area contributed by atoms with Crippen LogP contribution in [0.25, 0.3) is 0 Å². The van der Waals surface area contributed by atoms with Crippen LogP contribution in [0.5, 0.6) is 0 Å². The lowest BCUT2D eigenvalue weighted by atomic mass is 10.2. The summed E-state index contributed by atoms with van der Waals surface area (Å²) in [4.78, 5) is 12.2. The first-order valence-corrected chi connectivity index (χ1v) is 4.93. The molecule has 1 N–H and O–H groups in total. The van der Waals surface area contributed by atoms with Crippen LogP contribution in [-0.4, -0.2) is 17.7 Å². The third kappa shape index (κ3) is 2.54. The number of aliphatic hydroxyl groups is 1. The number of ether oxygens (including phenoxy) is 1.